The SMILES string of the molecule is CCCCOc1c(C)c(-c2scc3c2OCC(COCC(CC)CCCC)(COCC(CC)CCCC)CO3)n(C)c1-c1scc2c1OCC(COCC(CC)CCCC)(COCC(CC)CCCC)CO2. The van der Waals surface area contributed by atoms with Crippen molar-refractivity contribution >= 4 is 22.7 Å². The summed E-state index contributed by atoms with van der Waals surface area (Å²) in [6.07, 6.45) is 20.9. The molecule has 5 rings (SSSR count). The monoisotopic (exact) mass is 1040 g/mol. The molecule has 412 valence electrons. The van der Waals surface area contributed by atoms with Crippen molar-refractivity contribution in [2.24, 2.45) is 41.5 Å². The molecule has 2 aliphatic rings. The van der Waals surface area contributed by atoms with Crippen LogP contribution in [0.4, 0.5) is 0 Å². The van der Waals surface area contributed by atoms with Crippen molar-refractivity contribution in [1.29, 1.82) is 0 Å². The molecule has 2 aliphatic heterocycles. The van der Waals surface area contributed by atoms with E-state index in [0.717, 1.165) is 120 Å². The van der Waals surface area contributed by atoms with E-state index in [1.54, 1.807) is 22.7 Å². The van der Waals surface area contributed by atoms with Crippen molar-refractivity contribution < 1.29 is 42.6 Å². The van der Waals surface area contributed by atoms with Gasteiger partial charge >= 0.3 is 0 Å². The number of ether oxygens (including phenoxy) is 9. The lowest BCUT2D eigenvalue weighted by Crippen LogP contribution is -2.43. The number of unbranched alkanes of at least 4 members (excludes halogenated alkanes) is 5. The molecule has 0 aromatic carbocycles. The predicted molar refractivity (Wildman–Crippen MR) is 301 cm³/mol. The summed E-state index contributed by atoms with van der Waals surface area (Å²) in [5.74, 6) is 6.10. The first kappa shape index (κ1) is 60.4. The van der Waals surface area contributed by atoms with E-state index in [-0.39, 0.29) is 0 Å². The van der Waals surface area contributed by atoms with E-state index in [9.17, 15) is 0 Å². The number of hydrogen-bond donors (Lipinski definition) is 0. The standard InChI is InChI=1S/C60H101NO9S2/c1-12-21-26-46(17-6)31-62-37-59(38-63-32-47(18-7)27-22-13-2)41-67-50-35-71-57(55(50)69-43-59)52-45(10)54(66-30-25-16-5)53(61(52)11)58-56-51(36-72-58)68-42-60(44-70-56,39-64-33-48(19-8)28-23-14-3)40-65-34-49(20-9)29-24-15-4/h35-36,46-49H,12-34,37-44H2,1-11H3. The lowest BCUT2D eigenvalue weighted by atomic mass is 9.91. The summed E-state index contributed by atoms with van der Waals surface area (Å²) in [6.45, 7) is 30.0. The minimum atomic E-state index is -0.466. The zero-order chi connectivity index (χ0) is 51.8. The van der Waals surface area contributed by atoms with Crippen LogP contribution in [-0.4, -0.2) is 90.5 Å². The van der Waals surface area contributed by atoms with Gasteiger partial charge in [0.05, 0.1) is 54.4 Å². The Hall–Kier alpha value is -2.48. The summed E-state index contributed by atoms with van der Waals surface area (Å²) in [7, 11) is 2.15. The summed E-state index contributed by atoms with van der Waals surface area (Å²) in [5, 5.41) is 4.21. The molecule has 0 N–H and O–H groups in total. The zero-order valence-corrected chi connectivity index (χ0v) is 49.0. The highest BCUT2D eigenvalue weighted by atomic mass is 32.1. The van der Waals surface area contributed by atoms with E-state index >= 15 is 0 Å². The molecule has 72 heavy (non-hydrogen) atoms. The Morgan fingerprint density at radius 3 is 1.19 bits per heavy atom. The maximum absolute atomic E-state index is 7.03. The molecule has 0 bridgehead atoms. The average molecular weight is 1040 g/mol. The van der Waals surface area contributed by atoms with E-state index in [1.165, 1.54) is 77.0 Å². The molecule has 0 amide bonds. The van der Waals surface area contributed by atoms with Gasteiger partial charge in [0, 0.05) is 49.8 Å². The lowest BCUT2D eigenvalue weighted by molar-refractivity contribution is -0.0715. The van der Waals surface area contributed by atoms with E-state index in [4.69, 9.17) is 42.6 Å². The van der Waals surface area contributed by atoms with Crippen molar-refractivity contribution in [1.82, 2.24) is 4.57 Å². The molecule has 4 unspecified atom stereocenters. The maximum atomic E-state index is 7.03. The molecule has 0 aliphatic carbocycles. The molecule has 3 aromatic heterocycles. The Morgan fingerprint density at radius 1 is 0.500 bits per heavy atom. The van der Waals surface area contributed by atoms with Crippen LogP contribution in [-0.2, 0) is 26.0 Å². The van der Waals surface area contributed by atoms with Crippen LogP contribution in [0.2, 0.25) is 0 Å². The van der Waals surface area contributed by atoms with Gasteiger partial charge in [-0.05, 0) is 62.7 Å². The van der Waals surface area contributed by atoms with Gasteiger partial charge in [0.15, 0.2) is 23.0 Å². The van der Waals surface area contributed by atoms with Crippen LogP contribution in [0.25, 0.3) is 21.1 Å². The van der Waals surface area contributed by atoms with Crippen LogP contribution in [0.5, 0.6) is 28.7 Å². The zero-order valence-electron chi connectivity index (χ0n) is 47.3. The molecule has 0 saturated heterocycles. The molecule has 12 heteroatoms. The summed E-state index contributed by atoms with van der Waals surface area (Å²) in [6, 6.07) is 0. The first-order chi connectivity index (χ1) is 35.1. The third-order valence-electron chi connectivity index (χ3n) is 15.5. The summed E-state index contributed by atoms with van der Waals surface area (Å²) in [5.41, 5.74) is 2.16. The van der Waals surface area contributed by atoms with E-state index in [2.05, 4.69) is 91.6 Å². The van der Waals surface area contributed by atoms with Crippen LogP contribution in [0, 0.1) is 41.4 Å². The minimum absolute atomic E-state index is 0.429. The number of thiophene rings is 2. The van der Waals surface area contributed by atoms with Crippen molar-refractivity contribution in [2.75, 3.05) is 85.9 Å². The highest BCUT2D eigenvalue weighted by molar-refractivity contribution is 7.14. The Kier molecular flexibility index (Phi) is 27.0. The summed E-state index contributed by atoms with van der Waals surface area (Å²) in [4.78, 5) is 2.01. The highest BCUT2D eigenvalue weighted by Gasteiger charge is 2.41. The predicted octanol–water partition coefficient (Wildman–Crippen LogP) is 16.4. The number of nitrogens with zero attached hydrogens (tertiary/aromatic N) is 1. The van der Waals surface area contributed by atoms with E-state index in [0.29, 0.717) is 83.1 Å². The second-order valence-corrected chi connectivity index (χ2v) is 23.6. The Labute approximate surface area is 446 Å². The Bertz CT molecular complexity index is 1890. The van der Waals surface area contributed by atoms with E-state index < -0.39 is 10.8 Å². The molecule has 5 heterocycles. The van der Waals surface area contributed by atoms with Crippen molar-refractivity contribution in [3.05, 3.63) is 16.3 Å². The Balaban J connectivity index is 1.44. The fourth-order valence-corrected chi connectivity index (χ4v) is 12.2. The molecule has 0 radical (unpaired) electrons. The molecule has 0 fully saturated rings. The highest BCUT2D eigenvalue weighted by Crippen LogP contribution is 2.55. The van der Waals surface area contributed by atoms with Gasteiger partial charge < -0.3 is 47.2 Å². The second-order valence-electron chi connectivity index (χ2n) is 21.8. The van der Waals surface area contributed by atoms with E-state index in [1.807, 2.05) is 0 Å². The van der Waals surface area contributed by atoms with Crippen LogP contribution in [0.15, 0.2) is 10.8 Å². The Morgan fingerprint density at radius 2 is 0.847 bits per heavy atom. The minimum Gasteiger partial charge on any atom is -0.491 e. The summed E-state index contributed by atoms with van der Waals surface area (Å²) >= 11 is 3.31. The average Bonchev–Trinajstić information content (AvgIpc) is 3.97. The normalized spacial score (nSPS) is 19.5. The molecular weight excluding hydrogens is 943 g/mol. The number of hydrogen-bond acceptors (Lipinski definition) is 11. The van der Waals surface area contributed by atoms with Gasteiger partial charge in [0.1, 0.15) is 42.7 Å². The smallest absolute Gasteiger partial charge is 0.181 e. The van der Waals surface area contributed by atoms with Gasteiger partial charge in [-0.2, -0.15) is 0 Å². The summed E-state index contributed by atoms with van der Waals surface area (Å²) < 4.78 is 63.3. The largest absolute Gasteiger partial charge is 0.491 e. The second kappa shape index (κ2) is 32.2. The van der Waals surface area contributed by atoms with Crippen LogP contribution >= 0.6 is 22.7 Å². The van der Waals surface area contributed by atoms with Gasteiger partial charge in [-0.15, -0.1) is 22.7 Å². The van der Waals surface area contributed by atoms with Gasteiger partial charge in [0.2, 0.25) is 0 Å². The van der Waals surface area contributed by atoms with Gasteiger partial charge in [-0.1, -0.05) is 146 Å². The third kappa shape index (κ3) is 17.0. The van der Waals surface area contributed by atoms with Crippen molar-refractivity contribution in [3.8, 4) is 49.9 Å². The fourth-order valence-electron chi connectivity index (χ4n) is 10.1. The van der Waals surface area contributed by atoms with Crippen molar-refractivity contribution in [2.45, 2.75) is 185 Å². The van der Waals surface area contributed by atoms with Gasteiger partial charge in [0.25, 0.3) is 0 Å². The number of fused-ring (bicyclic) bond motifs is 2. The first-order valence-electron chi connectivity index (χ1n) is 29.0. The molecular formula is C60H101NO9S2. The molecule has 3 aromatic rings. The van der Waals surface area contributed by atoms with Crippen LogP contribution in [0.3, 0.4) is 0 Å². The maximum Gasteiger partial charge on any atom is 0.181 e. The third-order valence-corrected chi connectivity index (χ3v) is 17.4. The number of aromatic nitrogens is 1. The topological polar surface area (TPSA) is 88.0 Å². The molecule has 0 saturated carbocycles. The quantitative estimate of drug-likeness (QED) is 0.0521. The van der Waals surface area contributed by atoms with Crippen LogP contribution in [0.1, 0.15) is 183 Å². The lowest BCUT2D eigenvalue weighted by Gasteiger charge is -2.32. The molecule has 4 atom stereocenters. The molecule has 0 spiro atoms. The van der Waals surface area contributed by atoms with Gasteiger partial charge in [-0.25, -0.2) is 0 Å². The fraction of sp³-hybridized carbons (Fsp3) is 0.800. The molecule has 10 nitrogen and oxygen atoms in total. The first-order valence-corrected chi connectivity index (χ1v) is 30.7. The van der Waals surface area contributed by atoms with Crippen molar-refractivity contribution in [3.63, 3.8) is 0 Å². The number of rotatable bonds is 38. The van der Waals surface area contributed by atoms with Gasteiger partial charge in [-0.3, -0.25) is 0 Å². The van der Waals surface area contributed by atoms with Crippen LogP contribution < -0.4 is 23.7 Å².